The molecule has 1 aromatic rings. The Kier molecular flexibility index (Phi) is 2.61. The number of hydrogen-bond donors (Lipinski definition) is 0. The van der Waals surface area contributed by atoms with Gasteiger partial charge in [0.05, 0.1) is 0 Å². The summed E-state index contributed by atoms with van der Waals surface area (Å²) in [7, 11) is 0. The van der Waals surface area contributed by atoms with E-state index in [-0.39, 0.29) is 11.0 Å². The van der Waals surface area contributed by atoms with Gasteiger partial charge in [0.2, 0.25) is 0 Å². The Bertz CT molecular complexity index is 437. The van der Waals surface area contributed by atoms with Crippen LogP contribution in [0.5, 0.6) is 0 Å². The van der Waals surface area contributed by atoms with Gasteiger partial charge < -0.3 is 0 Å². The van der Waals surface area contributed by atoms with Crippen LogP contribution in [0.3, 0.4) is 0 Å². The summed E-state index contributed by atoms with van der Waals surface area (Å²) in [5, 5.41) is 0. The fourth-order valence-corrected chi connectivity index (χ4v) is 2.03. The van der Waals surface area contributed by atoms with Gasteiger partial charge in [0.1, 0.15) is 0 Å². The maximum absolute atomic E-state index is 13.0. The van der Waals surface area contributed by atoms with Crippen molar-refractivity contribution in [3.05, 3.63) is 40.5 Å². The van der Waals surface area contributed by atoms with E-state index in [0.29, 0.717) is 0 Å². The van der Waals surface area contributed by atoms with E-state index in [1.54, 1.807) is 6.07 Å². The highest BCUT2D eigenvalue weighted by Gasteiger charge is 2.22. The lowest BCUT2D eigenvalue weighted by Crippen LogP contribution is -2.12. The van der Waals surface area contributed by atoms with Crippen molar-refractivity contribution in [2.24, 2.45) is 0 Å². The van der Waals surface area contributed by atoms with Gasteiger partial charge in [-0.1, -0.05) is 39.0 Å². The SMILES string of the molecule is CC(C)(C)c1cc2c(c(C(F)F)c1)C=CC2. The number of fused-ring (bicyclic) bond motifs is 1. The second-order valence-electron chi connectivity index (χ2n) is 5.30. The minimum absolute atomic E-state index is 0.0821. The molecule has 16 heavy (non-hydrogen) atoms. The van der Waals surface area contributed by atoms with Crippen LogP contribution in [-0.4, -0.2) is 0 Å². The molecule has 86 valence electrons. The zero-order valence-electron chi connectivity index (χ0n) is 9.85. The molecule has 2 heteroatoms. The molecule has 1 aliphatic carbocycles. The monoisotopic (exact) mass is 222 g/mol. The van der Waals surface area contributed by atoms with E-state index in [1.807, 2.05) is 32.9 Å². The average Bonchev–Trinajstić information content (AvgIpc) is 2.61. The van der Waals surface area contributed by atoms with Crippen molar-refractivity contribution in [2.45, 2.75) is 39.0 Å². The van der Waals surface area contributed by atoms with E-state index in [4.69, 9.17) is 0 Å². The quantitative estimate of drug-likeness (QED) is 0.656. The lowest BCUT2D eigenvalue weighted by Gasteiger charge is -2.22. The van der Waals surface area contributed by atoms with Crippen LogP contribution in [-0.2, 0) is 11.8 Å². The molecule has 1 aromatic carbocycles. The van der Waals surface area contributed by atoms with Gasteiger partial charge in [-0.2, -0.15) is 0 Å². The number of benzene rings is 1. The highest BCUT2D eigenvalue weighted by molar-refractivity contribution is 5.65. The van der Waals surface area contributed by atoms with Crippen molar-refractivity contribution in [3.8, 4) is 0 Å². The molecule has 0 aliphatic heterocycles. The third-order valence-corrected chi connectivity index (χ3v) is 3.02. The molecule has 0 nitrogen and oxygen atoms in total. The minimum Gasteiger partial charge on any atom is -0.205 e. The van der Waals surface area contributed by atoms with E-state index in [2.05, 4.69) is 6.07 Å². The van der Waals surface area contributed by atoms with E-state index < -0.39 is 6.43 Å². The van der Waals surface area contributed by atoms with Gasteiger partial charge in [0.25, 0.3) is 6.43 Å². The van der Waals surface area contributed by atoms with Crippen LogP contribution in [0, 0.1) is 0 Å². The van der Waals surface area contributed by atoms with Gasteiger partial charge in [0.15, 0.2) is 0 Å². The summed E-state index contributed by atoms with van der Waals surface area (Å²) in [6.07, 6.45) is 2.14. The first-order valence-electron chi connectivity index (χ1n) is 5.51. The average molecular weight is 222 g/mol. The molecule has 0 atom stereocenters. The van der Waals surface area contributed by atoms with Gasteiger partial charge in [0, 0.05) is 5.56 Å². The summed E-state index contributed by atoms with van der Waals surface area (Å²) >= 11 is 0. The smallest absolute Gasteiger partial charge is 0.205 e. The zero-order valence-corrected chi connectivity index (χ0v) is 9.85. The molecule has 0 spiro atoms. The highest BCUT2D eigenvalue weighted by Crippen LogP contribution is 2.35. The normalized spacial score (nSPS) is 14.6. The summed E-state index contributed by atoms with van der Waals surface area (Å²) in [6, 6.07) is 3.71. The minimum atomic E-state index is -2.39. The van der Waals surface area contributed by atoms with E-state index in [1.165, 1.54) is 0 Å². The van der Waals surface area contributed by atoms with Crippen molar-refractivity contribution in [1.82, 2.24) is 0 Å². The third kappa shape index (κ3) is 1.89. The largest absolute Gasteiger partial charge is 0.264 e. The van der Waals surface area contributed by atoms with Crippen LogP contribution in [0.2, 0.25) is 0 Å². The second-order valence-corrected chi connectivity index (χ2v) is 5.30. The van der Waals surface area contributed by atoms with Crippen molar-refractivity contribution >= 4 is 6.08 Å². The lowest BCUT2D eigenvalue weighted by atomic mass is 9.84. The summed E-state index contributed by atoms with van der Waals surface area (Å²) < 4.78 is 25.9. The van der Waals surface area contributed by atoms with Gasteiger partial charge >= 0.3 is 0 Å². The molecule has 0 unspecified atom stereocenters. The Balaban J connectivity index is 2.59. The molecule has 0 fully saturated rings. The maximum Gasteiger partial charge on any atom is 0.264 e. The van der Waals surface area contributed by atoms with Crippen LogP contribution in [0.4, 0.5) is 8.78 Å². The fraction of sp³-hybridized carbons (Fsp3) is 0.429. The Morgan fingerprint density at radius 3 is 2.44 bits per heavy atom. The number of allylic oxidation sites excluding steroid dienone is 1. The Hall–Kier alpha value is -1.18. The van der Waals surface area contributed by atoms with Crippen LogP contribution in [0.15, 0.2) is 18.2 Å². The number of halogens is 2. The second kappa shape index (κ2) is 3.69. The molecule has 0 bridgehead atoms. The van der Waals surface area contributed by atoms with Crippen molar-refractivity contribution < 1.29 is 8.78 Å². The molecular weight excluding hydrogens is 206 g/mol. The summed E-state index contributed by atoms with van der Waals surface area (Å²) in [4.78, 5) is 0. The molecule has 0 saturated heterocycles. The summed E-state index contributed by atoms with van der Waals surface area (Å²) in [6.45, 7) is 6.14. The molecule has 0 aromatic heterocycles. The Labute approximate surface area is 95.0 Å². The molecule has 0 heterocycles. The van der Waals surface area contributed by atoms with Gasteiger partial charge in [-0.3, -0.25) is 0 Å². The Morgan fingerprint density at radius 1 is 1.19 bits per heavy atom. The molecule has 0 saturated carbocycles. The van der Waals surface area contributed by atoms with E-state index in [0.717, 1.165) is 23.1 Å². The topological polar surface area (TPSA) is 0 Å². The van der Waals surface area contributed by atoms with Crippen LogP contribution >= 0.6 is 0 Å². The number of rotatable bonds is 1. The number of alkyl halides is 2. The van der Waals surface area contributed by atoms with Gasteiger partial charge in [-0.25, -0.2) is 8.78 Å². The molecule has 2 rings (SSSR count). The zero-order chi connectivity index (χ0) is 11.9. The third-order valence-electron chi connectivity index (χ3n) is 3.02. The van der Waals surface area contributed by atoms with E-state index in [9.17, 15) is 8.78 Å². The predicted octanol–water partition coefficient (Wildman–Crippen LogP) is 4.49. The number of hydrogen-bond acceptors (Lipinski definition) is 0. The van der Waals surface area contributed by atoms with Crippen LogP contribution < -0.4 is 0 Å². The molecule has 0 N–H and O–H groups in total. The van der Waals surface area contributed by atoms with Crippen LogP contribution in [0.25, 0.3) is 6.08 Å². The molecule has 0 radical (unpaired) electrons. The Morgan fingerprint density at radius 2 is 1.88 bits per heavy atom. The first-order valence-corrected chi connectivity index (χ1v) is 5.51. The van der Waals surface area contributed by atoms with Crippen molar-refractivity contribution in [2.75, 3.05) is 0 Å². The molecular formula is C14H16F2. The van der Waals surface area contributed by atoms with E-state index >= 15 is 0 Å². The summed E-state index contributed by atoms with van der Waals surface area (Å²) in [5.41, 5.74) is 2.84. The van der Waals surface area contributed by atoms with Gasteiger partial charge in [-0.05, 0) is 34.6 Å². The van der Waals surface area contributed by atoms with Crippen LogP contribution in [0.1, 0.15) is 49.5 Å². The molecule has 0 amide bonds. The highest BCUT2D eigenvalue weighted by atomic mass is 19.3. The first-order chi connectivity index (χ1) is 7.39. The first kappa shape index (κ1) is 11.3. The fourth-order valence-electron chi connectivity index (χ4n) is 2.03. The summed E-state index contributed by atoms with van der Waals surface area (Å²) in [5.74, 6) is 0. The maximum atomic E-state index is 13.0. The van der Waals surface area contributed by atoms with Crippen molar-refractivity contribution in [3.63, 3.8) is 0 Å². The van der Waals surface area contributed by atoms with Crippen molar-refractivity contribution in [1.29, 1.82) is 0 Å². The lowest BCUT2D eigenvalue weighted by molar-refractivity contribution is 0.151. The standard InChI is InChI=1S/C14H16F2/c1-14(2,3)10-7-9-5-4-6-11(9)12(8-10)13(15)16/h4,6-8,13H,5H2,1-3H3. The van der Waals surface area contributed by atoms with Gasteiger partial charge in [-0.15, -0.1) is 0 Å². The molecule has 1 aliphatic rings. The predicted molar refractivity (Wildman–Crippen MR) is 62.8 cm³/mol.